The molecule has 1 aliphatic rings. The van der Waals surface area contributed by atoms with Gasteiger partial charge >= 0.3 is 5.97 Å². The number of aliphatic carboxylic acids is 1. The Hall–Kier alpha value is -1.55. The van der Waals surface area contributed by atoms with Gasteiger partial charge in [0.2, 0.25) is 0 Å². The smallest absolute Gasteiger partial charge is 0.307 e. The monoisotopic (exact) mass is 277 g/mol. The maximum Gasteiger partial charge on any atom is 0.307 e. The standard InChI is InChI=1S/C16H23NO3/c1-11-6-14(16(18)19)10-17(8-11)9-13-5-4-12(2)15(7-13)20-3/h4-5,7,11,14H,6,8-10H2,1-3H3,(H,18,19). The fraction of sp³-hybridized carbons (Fsp3) is 0.562. The lowest BCUT2D eigenvalue weighted by Gasteiger charge is -2.34. The number of aryl methyl sites for hydroxylation is 1. The van der Waals surface area contributed by atoms with Crippen molar-refractivity contribution in [3.05, 3.63) is 29.3 Å². The molecule has 2 unspecified atom stereocenters. The number of carbonyl (C=O) groups is 1. The minimum absolute atomic E-state index is 0.244. The summed E-state index contributed by atoms with van der Waals surface area (Å²) in [6, 6.07) is 6.19. The Morgan fingerprint density at radius 3 is 2.85 bits per heavy atom. The van der Waals surface area contributed by atoms with Gasteiger partial charge in [0.15, 0.2) is 0 Å². The lowest BCUT2D eigenvalue weighted by molar-refractivity contribution is -0.144. The number of methoxy groups -OCH3 is 1. The molecule has 4 nitrogen and oxygen atoms in total. The van der Waals surface area contributed by atoms with E-state index in [0.29, 0.717) is 12.5 Å². The van der Waals surface area contributed by atoms with Crippen molar-refractivity contribution in [1.82, 2.24) is 4.90 Å². The van der Waals surface area contributed by atoms with Crippen LogP contribution in [0.4, 0.5) is 0 Å². The van der Waals surface area contributed by atoms with Crippen LogP contribution in [0.3, 0.4) is 0 Å². The van der Waals surface area contributed by atoms with E-state index < -0.39 is 5.97 Å². The van der Waals surface area contributed by atoms with Gasteiger partial charge in [0.1, 0.15) is 5.75 Å². The van der Waals surface area contributed by atoms with Crippen molar-refractivity contribution in [3.8, 4) is 5.75 Å². The number of hydrogen-bond acceptors (Lipinski definition) is 3. The molecule has 0 aliphatic carbocycles. The fourth-order valence-corrected chi connectivity index (χ4v) is 2.99. The molecule has 20 heavy (non-hydrogen) atoms. The van der Waals surface area contributed by atoms with E-state index in [-0.39, 0.29) is 5.92 Å². The van der Waals surface area contributed by atoms with E-state index in [1.54, 1.807) is 7.11 Å². The Labute approximate surface area is 120 Å². The highest BCUT2D eigenvalue weighted by Gasteiger charge is 2.29. The van der Waals surface area contributed by atoms with Crippen LogP contribution in [0.25, 0.3) is 0 Å². The number of rotatable bonds is 4. The van der Waals surface area contributed by atoms with Gasteiger partial charge in [0.05, 0.1) is 13.0 Å². The van der Waals surface area contributed by atoms with Crippen LogP contribution >= 0.6 is 0 Å². The van der Waals surface area contributed by atoms with Crippen molar-refractivity contribution < 1.29 is 14.6 Å². The van der Waals surface area contributed by atoms with Crippen LogP contribution in [0, 0.1) is 18.8 Å². The van der Waals surface area contributed by atoms with Crippen LogP contribution in [0.5, 0.6) is 5.75 Å². The normalized spacial score (nSPS) is 23.6. The Balaban J connectivity index is 2.07. The summed E-state index contributed by atoms with van der Waals surface area (Å²) in [5.41, 5.74) is 2.29. The Morgan fingerprint density at radius 2 is 2.20 bits per heavy atom. The zero-order valence-corrected chi connectivity index (χ0v) is 12.4. The predicted octanol–water partition coefficient (Wildman–Crippen LogP) is 2.55. The second kappa shape index (κ2) is 6.27. The van der Waals surface area contributed by atoms with Crippen molar-refractivity contribution in [2.24, 2.45) is 11.8 Å². The molecule has 1 aromatic carbocycles. The highest BCUT2D eigenvalue weighted by Crippen LogP contribution is 2.25. The van der Waals surface area contributed by atoms with Crippen LogP contribution in [0.1, 0.15) is 24.5 Å². The molecule has 1 aromatic rings. The first kappa shape index (κ1) is 14.9. The first-order valence-corrected chi connectivity index (χ1v) is 7.08. The molecule has 0 amide bonds. The average molecular weight is 277 g/mol. The average Bonchev–Trinajstić information content (AvgIpc) is 2.40. The van der Waals surface area contributed by atoms with Gasteiger partial charge in [-0.2, -0.15) is 0 Å². The number of hydrogen-bond donors (Lipinski definition) is 1. The van der Waals surface area contributed by atoms with Crippen molar-refractivity contribution in [2.75, 3.05) is 20.2 Å². The zero-order valence-electron chi connectivity index (χ0n) is 12.4. The predicted molar refractivity (Wildman–Crippen MR) is 77.9 cm³/mol. The van der Waals surface area contributed by atoms with E-state index in [0.717, 1.165) is 30.8 Å². The molecule has 1 fully saturated rings. The van der Waals surface area contributed by atoms with Crippen molar-refractivity contribution in [2.45, 2.75) is 26.8 Å². The van der Waals surface area contributed by atoms with Crippen molar-refractivity contribution in [1.29, 1.82) is 0 Å². The van der Waals surface area contributed by atoms with Gasteiger partial charge in [-0.3, -0.25) is 9.69 Å². The van der Waals surface area contributed by atoms with Gasteiger partial charge in [-0.15, -0.1) is 0 Å². The third-order valence-corrected chi connectivity index (χ3v) is 3.96. The third kappa shape index (κ3) is 3.51. The highest BCUT2D eigenvalue weighted by molar-refractivity contribution is 5.70. The number of carboxylic acids is 1. The van der Waals surface area contributed by atoms with E-state index in [4.69, 9.17) is 4.74 Å². The molecule has 1 aliphatic heterocycles. The minimum Gasteiger partial charge on any atom is -0.496 e. The molecule has 0 radical (unpaired) electrons. The van der Waals surface area contributed by atoms with E-state index in [2.05, 4.69) is 24.0 Å². The SMILES string of the molecule is COc1cc(CN2CC(C)CC(C(=O)O)C2)ccc1C. The Bertz CT molecular complexity index is 487. The summed E-state index contributed by atoms with van der Waals surface area (Å²) in [5.74, 6) is 0.397. The van der Waals surface area contributed by atoms with E-state index in [1.165, 1.54) is 5.56 Å². The molecular weight excluding hydrogens is 254 g/mol. The number of benzene rings is 1. The quantitative estimate of drug-likeness (QED) is 0.919. The van der Waals surface area contributed by atoms with E-state index >= 15 is 0 Å². The molecule has 2 rings (SSSR count). The summed E-state index contributed by atoms with van der Waals surface area (Å²) in [4.78, 5) is 13.4. The molecule has 2 atom stereocenters. The van der Waals surface area contributed by atoms with Gasteiger partial charge in [0.25, 0.3) is 0 Å². The van der Waals surface area contributed by atoms with Crippen LogP contribution < -0.4 is 4.74 Å². The van der Waals surface area contributed by atoms with Gasteiger partial charge in [-0.05, 0) is 36.5 Å². The second-order valence-corrected chi connectivity index (χ2v) is 5.87. The van der Waals surface area contributed by atoms with Crippen LogP contribution in [0.2, 0.25) is 0 Å². The highest BCUT2D eigenvalue weighted by atomic mass is 16.5. The summed E-state index contributed by atoms with van der Waals surface area (Å²) >= 11 is 0. The molecule has 110 valence electrons. The zero-order chi connectivity index (χ0) is 14.7. The Kier molecular flexibility index (Phi) is 4.65. The van der Waals surface area contributed by atoms with Gasteiger partial charge in [-0.1, -0.05) is 19.1 Å². The van der Waals surface area contributed by atoms with Crippen molar-refractivity contribution >= 4 is 5.97 Å². The fourth-order valence-electron chi connectivity index (χ4n) is 2.99. The van der Waals surface area contributed by atoms with Crippen LogP contribution in [-0.2, 0) is 11.3 Å². The van der Waals surface area contributed by atoms with Gasteiger partial charge < -0.3 is 9.84 Å². The Morgan fingerprint density at radius 1 is 1.45 bits per heavy atom. The number of likely N-dealkylation sites (tertiary alicyclic amines) is 1. The maximum atomic E-state index is 11.2. The van der Waals surface area contributed by atoms with Crippen LogP contribution in [-0.4, -0.2) is 36.2 Å². The molecule has 1 N–H and O–H groups in total. The minimum atomic E-state index is -0.678. The number of piperidine rings is 1. The number of ether oxygens (including phenoxy) is 1. The maximum absolute atomic E-state index is 11.2. The van der Waals surface area contributed by atoms with Gasteiger partial charge in [-0.25, -0.2) is 0 Å². The molecule has 0 aromatic heterocycles. The lowest BCUT2D eigenvalue weighted by atomic mass is 9.90. The summed E-state index contributed by atoms with van der Waals surface area (Å²) in [6.45, 7) is 6.52. The lowest BCUT2D eigenvalue weighted by Crippen LogP contribution is -2.41. The topological polar surface area (TPSA) is 49.8 Å². The molecular formula is C16H23NO3. The second-order valence-electron chi connectivity index (χ2n) is 5.87. The van der Waals surface area contributed by atoms with Crippen molar-refractivity contribution in [3.63, 3.8) is 0 Å². The first-order chi connectivity index (χ1) is 9.49. The largest absolute Gasteiger partial charge is 0.496 e. The summed E-state index contributed by atoms with van der Waals surface area (Å²) in [6.07, 6.45) is 0.781. The third-order valence-electron chi connectivity index (χ3n) is 3.96. The summed E-state index contributed by atoms with van der Waals surface area (Å²) in [7, 11) is 1.68. The van der Waals surface area contributed by atoms with Gasteiger partial charge in [0, 0.05) is 19.6 Å². The summed E-state index contributed by atoms with van der Waals surface area (Å²) in [5, 5.41) is 9.21. The molecule has 4 heteroatoms. The molecule has 1 heterocycles. The van der Waals surface area contributed by atoms with E-state index in [9.17, 15) is 9.90 Å². The molecule has 0 bridgehead atoms. The van der Waals surface area contributed by atoms with Crippen LogP contribution in [0.15, 0.2) is 18.2 Å². The summed E-state index contributed by atoms with van der Waals surface area (Å²) < 4.78 is 5.34. The first-order valence-electron chi connectivity index (χ1n) is 7.08. The number of nitrogens with zero attached hydrogens (tertiary/aromatic N) is 1. The number of carboxylic acid groups (broad SMARTS) is 1. The molecule has 0 saturated carbocycles. The van der Waals surface area contributed by atoms with E-state index in [1.807, 2.05) is 13.0 Å². The molecule has 1 saturated heterocycles. The molecule has 0 spiro atoms.